The Morgan fingerprint density at radius 1 is 1.16 bits per heavy atom. The van der Waals surface area contributed by atoms with Crippen molar-refractivity contribution in [3.05, 3.63) is 53.3 Å². The van der Waals surface area contributed by atoms with Gasteiger partial charge in [-0.3, -0.25) is 19.6 Å². The fourth-order valence-corrected chi connectivity index (χ4v) is 2.10. The molecule has 1 aromatic carbocycles. The standard InChI is InChI=1S/C14H11N3O2/c1-17-8-9(7-15-17)6-12-10-4-2-3-5-11(10)13(18)16-14(12)19/h2-8H,1H3,(H,16,18,19)/b12-6+. The van der Waals surface area contributed by atoms with Gasteiger partial charge in [0.15, 0.2) is 0 Å². The lowest BCUT2D eigenvalue weighted by molar-refractivity contribution is -0.114. The summed E-state index contributed by atoms with van der Waals surface area (Å²) in [6.07, 6.45) is 5.20. The smallest absolute Gasteiger partial charge is 0.258 e. The number of hydrogen-bond acceptors (Lipinski definition) is 3. The summed E-state index contributed by atoms with van der Waals surface area (Å²) in [5.41, 5.74) is 2.46. The van der Waals surface area contributed by atoms with Crippen LogP contribution >= 0.6 is 0 Å². The predicted molar refractivity (Wildman–Crippen MR) is 70.0 cm³/mol. The van der Waals surface area contributed by atoms with E-state index in [2.05, 4.69) is 10.4 Å². The number of benzene rings is 1. The second-order valence-electron chi connectivity index (χ2n) is 4.33. The van der Waals surface area contributed by atoms with Gasteiger partial charge in [0.25, 0.3) is 11.8 Å². The number of aromatic nitrogens is 2. The third-order valence-corrected chi connectivity index (χ3v) is 2.97. The molecule has 1 aromatic heterocycles. The molecule has 0 aliphatic carbocycles. The highest BCUT2D eigenvalue weighted by Gasteiger charge is 2.26. The molecule has 0 spiro atoms. The molecule has 0 saturated heterocycles. The maximum Gasteiger partial charge on any atom is 0.258 e. The summed E-state index contributed by atoms with van der Waals surface area (Å²) < 4.78 is 1.66. The summed E-state index contributed by atoms with van der Waals surface area (Å²) >= 11 is 0. The summed E-state index contributed by atoms with van der Waals surface area (Å²) in [6, 6.07) is 7.06. The van der Waals surface area contributed by atoms with Crippen molar-refractivity contribution in [1.29, 1.82) is 0 Å². The summed E-state index contributed by atoms with van der Waals surface area (Å²) in [6.45, 7) is 0. The average molecular weight is 253 g/mol. The highest BCUT2D eigenvalue weighted by molar-refractivity contribution is 6.33. The molecular formula is C14H11N3O2. The quantitative estimate of drug-likeness (QED) is 0.614. The molecule has 19 heavy (non-hydrogen) atoms. The summed E-state index contributed by atoms with van der Waals surface area (Å²) in [5, 5.41) is 6.39. The van der Waals surface area contributed by atoms with Gasteiger partial charge in [-0.2, -0.15) is 5.10 Å². The zero-order chi connectivity index (χ0) is 13.4. The van der Waals surface area contributed by atoms with Crippen LogP contribution in [0.25, 0.3) is 11.6 Å². The number of imide groups is 1. The van der Waals surface area contributed by atoms with Crippen molar-refractivity contribution in [1.82, 2.24) is 15.1 Å². The Hall–Kier alpha value is -2.69. The molecule has 94 valence electrons. The van der Waals surface area contributed by atoms with Crippen LogP contribution in [0, 0.1) is 0 Å². The molecule has 0 bridgehead atoms. The van der Waals surface area contributed by atoms with Gasteiger partial charge in [0.1, 0.15) is 0 Å². The van der Waals surface area contributed by atoms with Gasteiger partial charge in [-0.15, -0.1) is 0 Å². The SMILES string of the molecule is Cn1cc(/C=C2/C(=O)NC(=O)c3ccccc32)cn1. The number of amides is 2. The largest absolute Gasteiger partial charge is 0.288 e. The van der Waals surface area contributed by atoms with Gasteiger partial charge >= 0.3 is 0 Å². The van der Waals surface area contributed by atoms with E-state index < -0.39 is 0 Å². The summed E-state index contributed by atoms with van der Waals surface area (Å²) in [4.78, 5) is 23.7. The lowest BCUT2D eigenvalue weighted by Gasteiger charge is -2.17. The third kappa shape index (κ3) is 1.95. The number of nitrogens with one attached hydrogen (secondary N) is 1. The van der Waals surface area contributed by atoms with E-state index in [1.54, 1.807) is 48.4 Å². The van der Waals surface area contributed by atoms with E-state index in [0.29, 0.717) is 16.7 Å². The van der Waals surface area contributed by atoms with Crippen molar-refractivity contribution in [2.75, 3.05) is 0 Å². The Labute approximate surface area is 109 Å². The second-order valence-corrected chi connectivity index (χ2v) is 4.33. The minimum Gasteiger partial charge on any atom is -0.288 e. The molecule has 1 aliphatic rings. The number of rotatable bonds is 1. The van der Waals surface area contributed by atoms with E-state index >= 15 is 0 Å². The maximum absolute atomic E-state index is 12.0. The Balaban J connectivity index is 2.15. The van der Waals surface area contributed by atoms with Gasteiger partial charge < -0.3 is 0 Å². The molecule has 0 saturated carbocycles. The molecule has 5 nitrogen and oxygen atoms in total. The Kier molecular flexibility index (Phi) is 2.52. The summed E-state index contributed by atoms with van der Waals surface area (Å²) in [7, 11) is 1.81. The molecule has 1 N–H and O–H groups in total. The van der Waals surface area contributed by atoms with Crippen LogP contribution in [0.3, 0.4) is 0 Å². The maximum atomic E-state index is 12.0. The van der Waals surface area contributed by atoms with E-state index in [4.69, 9.17) is 0 Å². The number of carbonyl (C=O) groups excluding carboxylic acids is 2. The average Bonchev–Trinajstić information content (AvgIpc) is 2.80. The zero-order valence-corrected chi connectivity index (χ0v) is 10.3. The first-order valence-corrected chi connectivity index (χ1v) is 5.80. The van der Waals surface area contributed by atoms with Crippen molar-refractivity contribution >= 4 is 23.5 Å². The molecule has 1 aliphatic heterocycles. The third-order valence-electron chi connectivity index (χ3n) is 2.97. The minimum absolute atomic E-state index is 0.357. The van der Waals surface area contributed by atoms with E-state index in [-0.39, 0.29) is 11.8 Å². The van der Waals surface area contributed by atoms with Crippen molar-refractivity contribution in [3.8, 4) is 0 Å². The normalized spacial score (nSPS) is 16.4. The Bertz CT molecular complexity index is 713. The Morgan fingerprint density at radius 2 is 1.89 bits per heavy atom. The lowest BCUT2D eigenvalue weighted by Crippen LogP contribution is -2.36. The van der Waals surface area contributed by atoms with Crippen LogP contribution in [0.1, 0.15) is 21.5 Å². The summed E-state index contributed by atoms with van der Waals surface area (Å²) in [5.74, 6) is -0.739. The Morgan fingerprint density at radius 3 is 2.58 bits per heavy atom. The minimum atomic E-state index is -0.382. The van der Waals surface area contributed by atoms with Crippen LogP contribution in [0.4, 0.5) is 0 Å². The van der Waals surface area contributed by atoms with Crippen LogP contribution in [-0.2, 0) is 11.8 Å². The zero-order valence-electron chi connectivity index (χ0n) is 10.3. The fourth-order valence-electron chi connectivity index (χ4n) is 2.10. The number of hydrogen-bond donors (Lipinski definition) is 1. The first kappa shape index (κ1) is 11.4. The van der Waals surface area contributed by atoms with Crippen LogP contribution in [0.5, 0.6) is 0 Å². The van der Waals surface area contributed by atoms with E-state index in [1.807, 2.05) is 6.07 Å². The van der Waals surface area contributed by atoms with Crippen LogP contribution < -0.4 is 5.32 Å². The first-order chi connectivity index (χ1) is 9.15. The molecule has 5 heteroatoms. The lowest BCUT2D eigenvalue weighted by atomic mass is 9.94. The highest BCUT2D eigenvalue weighted by Crippen LogP contribution is 2.25. The molecule has 2 aromatic rings. The molecule has 0 unspecified atom stereocenters. The van der Waals surface area contributed by atoms with Crippen molar-refractivity contribution in [2.24, 2.45) is 7.05 Å². The first-order valence-electron chi connectivity index (χ1n) is 5.80. The molecule has 2 heterocycles. The molecule has 0 radical (unpaired) electrons. The van der Waals surface area contributed by atoms with Crippen molar-refractivity contribution < 1.29 is 9.59 Å². The van der Waals surface area contributed by atoms with Crippen LogP contribution in [0.2, 0.25) is 0 Å². The van der Waals surface area contributed by atoms with Crippen molar-refractivity contribution in [3.63, 3.8) is 0 Å². The van der Waals surface area contributed by atoms with Gasteiger partial charge in [0.2, 0.25) is 0 Å². The number of nitrogens with zero attached hydrogens (tertiary/aromatic N) is 2. The number of fused-ring (bicyclic) bond motifs is 1. The molecule has 3 rings (SSSR count). The van der Waals surface area contributed by atoms with E-state index in [1.165, 1.54) is 0 Å². The van der Waals surface area contributed by atoms with Gasteiger partial charge in [-0.1, -0.05) is 18.2 Å². The molecule has 0 fully saturated rings. The second kappa shape index (κ2) is 4.20. The van der Waals surface area contributed by atoms with Gasteiger partial charge in [-0.05, 0) is 17.7 Å². The molecule has 0 atom stereocenters. The van der Waals surface area contributed by atoms with Gasteiger partial charge in [0.05, 0.1) is 6.20 Å². The van der Waals surface area contributed by atoms with E-state index in [9.17, 15) is 9.59 Å². The molecule has 2 amide bonds. The van der Waals surface area contributed by atoms with Crippen LogP contribution in [-0.4, -0.2) is 21.6 Å². The fraction of sp³-hybridized carbons (Fsp3) is 0.0714. The van der Waals surface area contributed by atoms with E-state index in [0.717, 1.165) is 5.56 Å². The van der Waals surface area contributed by atoms with Crippen molar-refractivity contribution in [2.45, 2.75) is 0 Å². The highest BCUT2D eigenvalue weighted by atomic mass is 16.2. The number of aryl methyl sites for hydroxylation is 1. The monoisotopic (exact) mass is 253 g/mol. The topological polar surface area (TPSA) is 64.0 Å². The van der Waals surface area contributed by atoms with Gasteiger partial charge in [0, 0.05) is 29.9 Å². The molecular weight excluding hydrogens is 242 g/mol. The van der Waals surface area contributed by atoms with Gasteiger partial charge in [-0.25, -0.2) is 0 Å². The number of carbonyl (C=O) groups is 2. The van der Waals surface area contributed by atoms with Crippen LogP contribution in [0.15, 0.2) is 36.7 Å². The predicted octanol–water partition coefficient (Wildman–Crippen LogP) is 1.23.